The quantitative estimate of drug-likeness (QED) is 0.573. The molecule has 0 rings (SSSR count). The number of aliphatic hydroxyl groups excluding tert-OH is 1. The maximum absolute atomic E-state index is 10.1. The second kappa shape index (κ2) is 3.93. The van der Waals surface area contributed by atoms with Crippen molar-refractivity contribution in [2.45, 2.75) is 11.5 Å². The predicted octanol–water partition coefficient (Wildman–Crippen LogP) is -0.321. The molecule has 5 heteroatoms. The molecule has 9 heavy (non-hydrogen) atoms. The molecule has 0 aromatic carbocycles. The summed E-state index contributed by atoms with van der Waals surface area (Å²) in [5.41, 5.74) is 4.68. The summed E-state index contributed by atoms with van der Waals surface area (Å²) in [6, 6.07) is 0. The Morgan fingerprint density at radius 2 is 2.22 bits per heavy atom. The van der Waals surface area contributed by atoms with E-state index in [1.54, 1.807) is 0 Å². The van der Waals surface area contributed by atoms with Crippen molar-refractivity contribution in [1.29, 1.82) is 0 Å². The minimum Gasteiger partial charge on any atom is -0.382 e. The monoisotopic (exact) mass is 171 g/mol. The van der Waals surface area contributed by atoms with Gasteiger partial charge in [0, 0.05) is 5.88 Å². The molecule has 1 amide bonds. The number of carbonyl (C=O) groups excluding carboxylic acids is 1. The van der Waals surface area contributed by atoms with Gasteiger partial charge in [-0.2, -0.15) is 0 Å². The molecule has 54 valence electrons. The van der Waals surface area contributed by atoms with Crippen LogP contribution in [0.25, 0.3) is 0 Å². The number of carbonyl (C=O) groups is 1. The summed E-state index contributed by atoms with van der Waals surface area (Å²) in [4.78, 5) is 10.1. The topological polar surface area (TPSA) is 63.3 Å². The van der Waals surface area contributed by atoms with E-state index in [2.05, 4.69) is 5.73 Å². The summed E-state index contributed by atoms with van der Waals surface area (Å²) in [5.74, 6) is -0.846. The van der Waals surface area contributed by atoms with Gasteiger partial charge >= 0.3 is 0 Å². The average molecular weight is 172 g/mol. The Morgan fingerprint density at radius 1 is 1.78 bits per heavy atom. The van der Waals surface area contributed by atoms with E-state index in [0.717, 1.165) is 0 Å². The number of halogens is 2. The van der Waals surface area contributed by atoms with Gasteiger partial charge in [0.2, 0.25) is 5.91 Å². The van der Waals surface area contributed by atoms with Crippen molar-refractivity contribution < 1.29 is 9.90 Å². The average Bonchev–Trinajstić information content (AvgIpc) is 1.84. The zero-order chi connectivity index (χ0) is 7.44. The molecule has 0 spiro atoms. The van der Waals surface area contributed by atoms with Crippen LogP contribution in [0.5, 0.6) is 0 Å². The number of nitrogens with two attached hydrogens (primary N) is 1. The lowest BCUT2D eigenvalue weighted by Gasteiger charge is -2.08. The van der Waals surface area contributed by atoms with E-state index in [9.17, 15) is 4.79 Å². The zero-order valence-corrected chi connectivity index (χ0v) is 6.06. The van der Waals surface area contributed by atoms with Gasteiger partial charge in [0.1, 0.15) is 6.10 Å². The highest BCUT2D eigenvalue weighted by Gasteiger charge is 2.20. The number of primary amides is 1. The molecule has 0 saturated carbocycles. The van der Waals surface area contributed by atoms with Gasteiger partial charge in [-0.15, -0.1) is 23.2 Å². The second-order valence-corrected chi connectivity index (χ2v) is 2.39. The third kappa shape index (κ3) is 2.89. The Morgan fingerprint density at radius 3 is 2.33 bits per heavy atom. The maximum atomic E-state index is 10.1. The van der Waals surface area contributed by atoms with Crippen LogP contribution in [0.4, 0.5) is 0 Å². The Bertz CT molecular complexity index is 109. The first kappa shape index (κ1) is 9.01. The summed E-state index contributed by atoms with van der Waals surface area (Å²) in [6.45, 7) is 0. The molecule has 3 nitrogen and oxygen atoms in total. The molecule has 0 aromatic rings. The van der Waals surface area contributed by atoms with Gasteiger partial charge in [-0.3, -0.25) is 4.79 Å². The van der Waals surface area contributed by atoms with Gasteiger partial charge in [-0.1, -0.05) is 0 Å². The number of hydrogen-bond donors (Lipinski definition) is 2. The lowest BCUT2D eigenvalue weighted by Crippen LogP contribution is -2.36. The zero-order valence-electron chi connectivity index (χ0n) is 4.55. The van der Waals surface area contributed by atoms with E-state index in [4.69, 9.17) is 28.3 Å². The Balaban J connectivity index is 3.72. The van der Waals surface area contributed by atoms with Gasteiger partial charge in [0.15, 0.2) is 0 Å². The third-order valence-electron chi connectivity index (χ3n) is 0.782. The van der Waals surface area contributed by atoms with Gasteiger partial charge in [0.25, 0.3) is 0 Å². The molecule has 0 radical (unpaired) electrons. The fourth-order valence-electron chi connectivity index (χ4n) is 0.263. The first-order chi connectivity index (χ1) is 4.09. The van der Waals surface area contributed by atoms with E-state index >= 15 is 0 Å². The predicted molar refractivity (Wildman–Crippen MR) is 35.6 cm³/mol. The van der Waals surface area contributed by atoms with Crippen LogP contribution in [-0.4, -0.2) is 28.4 Å². The van der Waals surface area contributed by atoms with E-state index in [1.807, 2.05) is 0 Å². The standard InChI is InChI=1S/C4H7Cl2NO2/c5-1-2(6)3(8)4(7)9/h2-3,8H,1H2,(H2,7,9)/t2-,3-/m0/s1. The van der Waals surface area contributed by atoms with Crippen molar-refractivity contribution in [3.63, 3.8) is 0 Å². The van der Waals surface area contributed by atoms with Crippen molar-refractivity contribution in [2.24, 2.45) is 5.73 Å². The van der Waals surface area contributed by atoms with E-state index in [1.165, 1.54) is 0 Å². The minimum atomic E-state index is -1.34. The second-order valence-electron chi connectivity index (χ2n) is 1.52. The number of rotatable bonds is 3. The molecule has 0 aromatic heterocycles. The fourth-order valence-corrected chi connectivity index (χ4v) is 0.556. The molecule has 2 atom stereocenters. The summed E-state index contributed by atoms with van der Waals surface area (Å²) in [5, 5.41) is 7.92. The van der Waals surface area contributed by atoms with E-state index in [-0.39, 0.29) is 5.88 Å². The van der Waals surface area contributed by atoms with Crippen molar-refractivity contribution in [3.8, 4) is 0 Å². The van der Waals surface area contributed by atoms with Gasteiger partial charge < -0.3 is 10.8 Å². The first-order valence-electron chi connectivity index (χ1n) is 2.27. The third-order valence-corrected chi connectivity index (χ3v) is 1.66. The Labute approximate surface area is 62.7 Å². The summed E-state index contributed by atoms with van der Waals surface area (Å²) >= 11 is 10.5. The smallest absolute Gasteiger partial charge is 0.247 e. The van der Waals surface area contributed by atoms with Gasteiger partial charge in [0.05, 0.1) is 5.38 Å². The van der Waals surface area contributed by atoms with Crippen LogP contribution >= 0.6 is 23.2 Å². The lowest BCUT2D eigenvalue weighted by atomic mass is 10.3. The number of aliphatic hydroxyl groups is 1. The molecule has 0 aliphatic heterocycles. The molecule has 0 heterocycles. The van der Waals surface area contributed by atoms with Gasteiger partial charge in [-0.05, 0) is 0 Å². The van der Waals surface area contributed by atoms with E-state index in [0.29, 0.717) is 0 Å². The molecule has 0 fully saturated rings. The van der Waals surface area contributed by atoms with E-state index < -0.39 is 17.4 Å². The molecule has 3 N–H and O–H groups in total. The normalized spacial score (nSPS) is 16.8. The van der Waals surface area contributed by atoms with Gasteiger partial charge in [-0.25, -0.2) is 0 Å². The Kier molecular flexibility index (Phi) is 3.93. The summed E-state index contributed by atoms with van der Waals surface area (Å²) in [7, 11) is 0. The molecule has 0 bridgehead atoms. The van der Waals surface area contributed by atoms with Crippen LogP contribution in [-0.2, 0) is 4.79 Å². The largest absolute Gasteiger partial charge is 0.382 e. The number of alkyl halides is 2. The van der Waals surface area contributed by atoms with Crippen LogP contribution in [0, 0.1) is 0 Å². The first-order valence-corrected chi connectivity index (χ1v) is 3.24. The van der Waals surface area contributed by atoms with Crippen LogP contribution in [0.2, 0.25) is 0 Å². The van der Waals surface area contributed by atoms with Crippen molar-refractivity contribution in [1.82, 2.24) is 0 Å². The van der Waals surface area contributed by atoms with Crippen molar-refractivity contribution in [2.75, 3.05) is 5.88 Å². The van der Waals surface area contributed by atoms with Crippen LogP contribution < -0.4 is 5.73 Å². The number of hydrogen-bond acceptors (Lipinski definition) is 2. The highest BCUT2D eigenvalue weighted by molar-refractivity contribution is 6.29. The SMILES string of the molecule is NC(=O)[C@@H](O)[C@@H](Cl)CCl. The molecule has 0 unspecified atom stereocenters. The van der Waals surface area contributed by atoms with Crippen LogP contribution in [0.3, 0.4) is 0 Å². The molecule has 0 saturated heterocycles. The van der Waals surface area contributed by atoms with Crippen LogP contribution in [0.15, 0.2) is 0 Å². The van der Waals surface area contributed by atoms with Crippen molar-refractivity contribution in [3.05, 3.63) is 0 Å². The number of amides is 1. The molecular formula is C4H7Cl2NO2. The summed E-state index contributed by atoms with van der Waals surface area (Å²) < 4.78 is 0. The molecule has 0 aliphatic carbocycles. The van der Waals surface area contributed by atoms with Crippen LogP contribution in [0.1, 0.15) is 0 Å². The lowest BCUT2D eigenvalue weighted by molar-refractivity contribution is -0.125. The Hall–Kier alpha value is 0.01000. The fraction of sp³-hybridized carbons (Fsp3) is 0.750. The summed E-state index contributed by atoms with van der Waals surface area (Å²) in [6.07, 6.45) is -1.34. The highest BCUT2D eigenvalue weighted by atomic mass is 35.5. The molecule has 0 aliphatic rings. The highest BCUT2D eigenvalue weighted by Crippen LogP contribution is 2.03. The maximum Gasteiger partial charge on any atom is 0.247 e. The molecular weight excluding hydrogens is 165 g/mol. The van der Waals surface area contributed by atoms with Crippen molar-refractivity contribution >= 4 is 29.1 Å². The minimum absolute atomic E-state index is 0.00562.